The Balaban J connectivity index is 1.48. The molecule has 2 aliphatic heterocycles. The molecule has 134 valence electrons. The Morgan fingerprint density at radius 2 is 1.50 bits per heavy atom. The molecule has 2 atom stereocenters. The van der Waals surface area contributed by atoms with E-state index in [1.807, 2.05) is 18.7 Å². The first kappa shape index (κ1) is 17.2. The van der Waals surface area contributed by atoms with Crippen LogP contribution in [0.1, 0.15) is 26.7 Å². The molecule has 0 radical (unpaired) electrons. The van der Waals surface area contributed by atoms with Crippen molar-refractivity contribution < 1.29 is 19.5 Å². The molecule has 0 spiro atoms. The minimum atomic E-state index is -0.881. The van der Waals surface area contributed by atoms with Gasteiger partial charge in [-0.3, -0.25) is 19.3 Å². The molecule has 1 saturated carbocycles. The minimum Gasteiger partial charge on any atom is -0.481 e. The first-order valence-corrected chi connectivity index (χ1v) is 8.84. The lowest BCUT2D eigenvalue weighted by atomic mass is 10.1. The van der Waals surface area contributed by atoms with Gasteiger partial charge in [-0.25, -0.2) is 0 Å². The van der Waals surface area contributed by atoms with E-state index in [0.29, 0.717) is 32.7 Å². The Labute approximate surface area is 142 Å². The van der Waals surface area contributed by atoms with Crippen molar-refractivity contribution in [2.24, 2.45) is 17.3 Å². The third kappa shape index (κ3) is 3.14. The fraction of sp³-hybridized carbons (Fsp3) is 0.824. The van der Waals surface area contributed by atoms with Gasteiger partial charge in [0.25, 0.3) is 0 Å². The summed E-state index contributed by atoms with van der Waals surface area (Å²) in [4.78, 5) is 41.8. The van der Waals surface area contributed by atoms with E-state index in [1.165, 1.54) is 0 Å². The number of carboxylic acid groups (broad SMARTS) is 1. The molecule has 2 saturated heterocycles. The summed E-state index contributed by atoms with van der Waals surface area (Å²) < 4.78 is 0. The second kappa shape index (κ2) is 6.35. The van der Waals surface area contributed by atoms with Crippen molar-refractivity contribution in [2.45, 2.75) is 26.7 Å². The minimum absolute atomic E-state index is 0.0436. The van der Waals surface area contributed by atoms with E-state index in [2.05, 4.69) is 4.90 Å². The Morgan fingerprint density at radius 1 is 0.917 bits per heavy atom. The molecule has 2 heterocycles. The molecule has 0 bridgehead atoms. The third-order valence-corrected chi connectivity index (χ3v) is 5.86. The molecule has 0 aromatic carbocycles. The number of hydrogen-bond acceptors (Lipinski definition) is 4. The highest BCUT2D eigenvalue weighted by Crippen LogP contribution is 2.59. The van der Waals surface area contributed by atoms with Crippen molar-refractivity contribution in [3.05, 3.63) is 0 Å². The van der Waals surface area contributed by atoms with Gasteiger partial charge in [0.2, 0.25) is 11.8 Å². The van der Waals surface area contributed by atoms with Crippen LogP contribution in [-0.4, -0.2) is 83.4 Å². The van der Waals surface area contributed by atoms with Crippen LogP contribution in [0.5, 0.6) is 0 Å². The van der Waals surface area contributed by atoms with Gasteiger partial charge in [0.05, 0.1) is 18.4 Å². The summed E-state index contributed by atoms with van der Waals surface area (Å²) in [5, 5.41) is 9.23. The standard InChI is InChI=1S/C17H27N3O4/c1-17(2)13(14(17)16(23)24)15(22)20-9-7-18(8-10-20)11-12(21)19-5-3-4-6-19/h13-14H,3-11H2,1-2H3,(H,23,24)/t13-,14+/m0/s1. The maximum atomic E-state index is 12.6. The Bertz CT molecular complexity index is 534. The molecule has 0 aromatic heterocycles. The Kier molecular flexibility index (Phi) is 4.55. The van der Waals surface area contributed by atoms with E-state index in [4.69, 9.17) is 0 Å². The number of amides is 2. The van der Waals surface area contributed by atoms with Crippen molar-refractivity contribution in [1.29, 1.82) is 0 Å². The van der Waals surface area contributed by atoms with E-state index in [0.717, 1.165) is 25.9 Å². The molecular weight excluding hydrogens is 310 g/mol. The highest BCUT2D eigenvalue weighted by molar-refractivity contribution is 5.91. The highest BCUT2D eigenvalue weighted by atomic mass is 16.4. The number of rotatable bonds is 4. The maximum absolute atomic E-state index is 12.6. The molecule has 1 N–H and O–H groups in total. The zero-order valence-corrected chi connectivity index (χ0v) is 14.5. The van der Waals surface area contributed by atoms with Crippen LogP contribution >= 0.6 is 0 Å². The van der Waals surface area contributed by atoms with Crippen LogP contribution in [0.4, 0.5) is 0 Å². The van der Waals surface area contributed by atoms with Crippen LogP contribution in [0.25, 0.3) is 0 Å². The van der Waals surface area contributed by atoms with Gasteiger partial charge in [-0.15, -0.1) is 0 Å². The van der Waals surface area contributed by atoms with Gasteiger partial charge in [0, 0.05) is 39.3 Å². The van der Waals surface area contributed by atoms with Gasteiger partial charge < -0.3 is 14.9 Å². The van der Waals surface area contributed by atoms with Crippen molar-refractivity contribution in [2.75, 3.05) is 45.8 Å². The van der Waals surface area contributed by atoms with E-state index in [-0.39, 0.29) is 11.8 Å². The summed E-state index contributed by atoms with van der Waals surface area (Å²) >= 11 is 0. The van der Waals surface area contributed by atoms with Crippen molar-refractivity contribution in [3.63, 3.8) is 0 Å². The molecule has 1 aliphatic carbocycles. The largest absolute Gasteiger partial charge is 0.481 e. The van der Waals surface area contributed by atoms with Crippen LogP contribution in [0.15, 0.2) is 0 Å². The number of hydrogen-bond donors (Lipinski definition) is 1. The first-order chi connectivity index (χ1) is 11.3. The van der Waals surface area contributed by atoms with Gasteiger partial charge in [0.1, 0.15) is 0 Å². The zero-order chi connectivity index (χ0) is 17.5. The van der Waals surface area contributed by atoms with Gasteiger partial charge >= 0.3 is 5.97 Å². The molecule has 3 aliphatic rings. The lowest BCUT2D eigenvalue weighted by Gasteiger charge is -2.35. The van der Waals surface area contributed by atoms with E-state index in [9.17, 15) is 19.5 Å². The predicted octanol–water partition coefficient (Wildman–Crippen LogP) is 0.110. The number of carbonyl (C=O) groups excluding carboxylic acids is 2. The Hall–Kier alpha value is -1.63. The van der Waals surface area contributed by atoms with E-state index >= 15 is 0 Å². The molecule has 0 unspecified atom stereocenters. The van der Waals surface area contributed by atoms with Crippen LogP contribution in [-0.2, 0) is 14.4 Å². The quantitative estimate of drug-likeness (QED) is 0.787. The topological polar surface area (TPSA) is 81.2 Å². The van der Waals surface area contributed by atoms with Gasteiger partial charge in [-0.05, 0) is 18.3 Å². The van der Waals surface area contributed by atoms with Crippen molar-refractivity contribution in [1.82, 2.24) is 14.7 Å². The number of nitrogens with zero attached hydrogens (tertiary/aromatic N) is 3. The average molecular weight is 337 g/mol. The van der Waals surface area contributed by atoms with Crippen LogP contribution in [0.2, 0.25) is 0 Å². The van der Waals surface area contributed by atoms with Crippen LogP contribution in [0.3, 0.4) is 0 Å². The van der Waals surface area contributed by atoms with E-state index in [1.54, 1.807) is 4.90 Å². The van der Waals surface area contributed by atoms with Crippen molar-refractivity contribution >= 4 is 17.8 Å². The average Bonchev–Trinajstić information content (AvgIpc) is 2.91. The first-order valence-electron chi connectivity index (χ1n) is 8.84. The summed E-state index contributed by atoms with van der Waals surface area (Å²) in [6, 6.07) is 0. The van der Waals surface area contributed by atoms with Gasteiger partial charge in [-0.1, -0.05) is 13.8 Å². The maximum Gasteiger partial charge on any atom is 0.307 e. The molecule has 3 rings (SSSR count). The molecule has 0 aromatic rings. The number of piperazine rings is 1. The molecular formula is C17H27N3O4. The SMILES string of the molecule is CC1(C)[C@H](C(=O)N2CCN(CC(=O)N3CCCC3)CC2)[C@@H]1C(=O)O. The van der Waals surface area contributed by atoms with Gasteiger partial charge in [0.15, 0.2) is 0 Å². The number of carbonyl (C=O) groups is 3. The lowest BCUT2D eigenvalue weighted by molar-refractivity contribution is -0.143. The fourth-order valence-corrected chi connectivity index (χ4v) is 4.14. The molecule has 2 amide bonds. The van der Waals surface area contributed by atoms with E-state index < -0.39 is 23.2 Å². The molecule has 7 nitrogen and oxygen atoms in total. The monoisotopic (exact) mass is 337 g/mol. The zero-order valence-electron chi connectivity index (χ0n) is 14.5. The summed E-state index contributed by atoms with van der Waals surface area (Å²) in [6.45, 7) is 8.35. The highest BCUT2D eigenvalue weighted by Gasteiger charge is 2.66. The second-order valence-electron chi connectivity index (χ2n) is 7.80. The van der Waals surface area contributed by atoms with Gasteiger partial charge in [-0.2, -0.15) is 0 Å². The summed E-state index contributed by atoms with van der Waals surface area (Å²) in [5.41, 5.74) is -0.453. The Morgan fingerprint density at radius 3 is 2.00 bits per heavy atom. The number of carboxylic acids is 1. The third-order valence-electron chi connectivity index (χ3n) is 5.86. The van der Waals surface area contributed by atoms with Crippen LogP contribution < -0.4 is 0 Å². The van der Waals surface area contributed by atoms with Crippen LogP contribution in [0, 0.1) is 17.3 Å². The molecule has 3 fully saturated rings. The molecule has 24 heavy (non-hydrogen) atoms. The summed E-state index contributed by atoms with van der Waals surface area (Å²) in [5.74, 6) is -1.72. The second-order valence-corrected chi connectivity index (χ2v) is 7.80. The summed E-state index contributed by atoms with van der Waals surface area (Å²) in [6.07, 6.45) is 2.19. The normalized spacial score (nSPS) is 29.6. The van der Waals surface area contributed by atoms with Crippen molar-refractivity contribution in [3.8, 4) is 0 Å². The lowest BCUT2D eigenvalue weighted by Crippen LogP contribution is -2.52. The fourth-order valence-electron chi connectivity index (χ4n) is 4.14. The predicted molar refractivity (Wildman–Crippen MR) is 87.2 cm³/mol. The number of aliphatic carboxylic acids is 1. The number of likely N-dealkylation sites (tertiary alicyclic amines) is 1. The summed E-state index contributed by atoms with van der Waals surface area (Å²) in [7, 11) is 0. The molecule has 7 heteroatoms. The smallest absolute Gasteiger partial charge is 0.307 e.